The molecule has 3 aromatic heterocycles. The molecule has 0 aliphatic carbocycles. The zero-order chi connectivity index (χ0) is 11.7. The molecule has 0 aliphatic rings. The van der Waals surface area contributed by atoms with Crippen molar-refractivity contribution in [1.29, 1.82) is 0 Å². The van der Waals surface area contributed by atoms with Crippen LogP contribution in [0.2, 0.25) is 0 Å². The van der Waals surface area contributed by atoms with Crippen LogP contribution in [-0.2, 0) is 5.75 Å². The van der Waals surface area contributed by atoms with Crippen molar-refractivity contribution < 1.29 is 4.52 Å². The van der Waals surface area contributed by atoms with Crippen LogP contribution in [0.4, 0.5) is 0 Å². The molecule has 7 heteroatoms. The van der Waals surface area contributed by atoms with E-state index in [-0.39, 0.29) is 0 Å². The molecule has 86 valence electrons. The van der Waals surface area contributed by atoms with Gasteiger partial charge >= 0.3 is 0 Å². The van der Waals surface area contributed by atoms with Crippen LogP contribution in [0.3, 0.4) is 0 Å². The van der Waals surface area contributed by atoms with Gasteiger partial charge in [-0.3, -0.25) is 4.40 Å². The smallest absolute Gasteiger partial charge is 0.223 e. The summed E-state index contributed by atoms with van der Waals surface area (Å²) in [6.07, 6.45) is 1.93. The van der Waals surface area contributed by atoms with Gasteiger partial charge in [0, 0.05) is 13.1 Å². The first-order valence-electron chi connectivity index (χ1n) is 5.05. The summed E-state index contributed by atoms with van der Waals surface area (Å²) < 4.78 is 6.83. The number of aromatic nitrogens is 5. The zero-order valence-electron chi connectivity index (χ0n) is 9.07. The Labute approximate surface area is 101 Å². The topological polar surface area (TPSA) is 69.1 Å². The number of fused-ring (bicyclic) bond motifs is 1. The lowest BCUT2D eigenvalue weighted by Crippen LogP contribution is -1.89. The largest absolute Gasteiger partial charge is 0.340 e. The zero-order valence-corrected chi connectivity index (χ0v) is 9.89. The van der Waals surface area contributed by atoms with E-state index >= 15 is 0 Å². The fourth-order valence-electron chi connectivity index (χ4n) is 1.45. The van der Waals surface area contributed by atoms with Gasteiger partial charge < -0.3 is 4.52 Å². The maximum Gasteiger partial charge on any atom is 0.223 e. The Morgan fingerprint density at radius 2 is 2.29 bits per heavy atom. The number of hydrogen-bond acceptors (Lipinski definition) is 6. The molecule has 6 nitrogen and oxygen atoms in total. The Balaban J connectivity index is 1.81. The molecule has 0 aliphatic heterocycles. The predicted molar refractivity (Wildman–Crippen MR) is 61.6 cm³/mol. The van der Waals surface area contributed by atoms with E-state index < -0.39 is 0 Å². The van der Waals surface area contributed by atoms with Crippen molar-refractivity contribution in [3.63, 3.8) is 0 Å². The minimum Gasteiger partial charge on any atom is -0.340 e. The molecule has 17 heavy (non-hydrogen) atoms. The molecule has 3 heterocycles. The Morgan fingerprint density at radius 3 is 3.12 bits per heavy atom. The summed E-state index contributed by atoms with van der Waals surface area (Å²) in [7, 11) is 0. The van der Waals surface area contributed by atoms with Gasteiger partial charge in [-0.15, -0.1) is 10.2 Å². The van der Waals surface area contributed by atoms with Gasteiger partial charge in [0.25, 0.3) is 0 Å². The number of hydrogen-bond donors (Lipinski definition) is 0. The highest BCUT2D eigenvalue weighted by atomic mass is 32.2. The van der Waals surface area contributed by atoms with Crippen LogP contribution in [0.5, 0.6) is 0 Å². The third-order valence-electron chi connectivity index (χ3n) is 2.18. The van der Waals surface area contributed by atoms with E-state index in [0.29, 0.717) is 17.5 Å². The third-order valence-corrected chi connectivity index (χ3v) is 3.12. The lowest BCUT2D eigenvalue weighted by Gasteiger charge is -1.95. The van der Waals surface area contributed by atoms with Gasteiger partial charge in [0.1, 0.15) is 0 Å². The molecule has 0 saturated carbocycles. The van der Waals surface area contributed by atoms with Crippen molar-refractivity contribution >= 4 is 17.4 Å². The highest BCUT2D eigenvalue weighted by Crippen LogP contribution is 2.20. The van der Waals surface area contributed by atoms with E-state index in [0.717, 1.165) is 10.8 Å². The van der Waals surface area contributed by atoms with Crippen LogP contribution < -0.4 is 0 Å². The van der Waals surface area contributed by atoms with Crippen LogP contribution in [0.1, 0.15) is 11.7 Å². The summed E-state index contributed by atoms with van der Waals surface area (Å²) in [6, 6.07) is 5.79. The van der Waals surface area contributed by atoms with Gasteiger partial charge in [0.15, 0.2) is 16.6 Å². The van der Waals surface area contributed by atoms with Crippen molar-refractivity contribution in [3.8, 4) is 0 Å². The summed E-state index contributed by atoms with van der Waals surface area (Å²) in [5.41, 5.74) is 0.833. The predicted octanol–water partition coefficient (Wildman–Crippen LogP) is 1.71. The first-order chi connectivity index (χ1) is 8.33. The van der Waals surface area contributed by atoms with E-state index in [2.05, 4.69) is 20.3 Å². The van der Waals surface area contributed by atoms with Crippen LogP contribution in [-0.4, -0.2) is 24.7 Å². The molecule has 0 unspecified atom stereocenters. The quantitative estimate of drug-likeness (QED) is 0.656. The summed E-state index contributed by atoms with van der Waals surface area (Å²) in [6.45, 7) is 1.77. The van der Waals surface area contributed by atoms with Crippen LogP contribution in [0.15, 0.2) is 34.1 Å². The van der Waals surface area contributed by atoms with E-state index in [1.165, 1.54) is 11.8 Å². The molecule has 3 aromatic rings. The van der Waals surface area contributed by atoms with Gasteiger partial charge in [0.05, 0.1) is 5.75 Å². The summed E-state index contributed by atoms with van der Waals surface area (Å²) in [5, 5.41) is 12.8. The molecular weight excluding hydrogens is 238 g/mol. The third kappa shape index (κ3) is 2.01. The minimum absolute atomic E-state index is 0.576. The molecule has 0 saturated heterocycles. The fourth-order valence-corrected chi connectivity index (χ4v) is 2.21. The van der Waals surface area contributed by atoms with Crippen molar-refractivity contribution in [1.82, 2.24) is 24.7 Å². The summed E-state index contributed by atoms with van der Waals surface area (Å²) in [5.74, 6) is 1.86. The molecule has 0 fully saturated rings. The fraction of sp³-hybridized carbons (Fsp3) is 0.200. The molecule has 3 rings (SSSR count). The molecule has 0 N–H and O–H groups in total. The number of pyridine rings is 1. The second-order valence-corrected chi connectivity index (χ2v) is 4.37. The molecular formula is C10H9N5OS. The van der Waals surface area contributed by atoms with Crippen molar-refractivity contribution in [3.05, 3.63) is 36.1 Å². The Bertz CT molecular complexity index is 647. The lowest BCUT2D eigenvalue weighted by atomic mass is 10.5. The monoisotopic (exact) mass is 247 g/mol. The number of rotatable bonds is 3. The second-order valence-electron chi connectivity index (χ2n) is 3.43. The van der Waals surface area contributed by atoms with Gasteiger partial charge in [-0.1, -0.05) is 23.0 Å². The van der Waals surface area contributed by atoms with Crippen molar-refractivity contribution in [2.75, 3.05) is 0 Å². The van der Waals surface area contributed by atoms with Crippen LogP contribution in [0.25, 0.3) is 5.65 Å². The first-order valence-corrected chi connectivity index (χ1v) is 6.03. The molecule has 0 amide bonds. The second kappa shape index (κ2) is 4.17. The molecule has 0 aromatic carbocycles. The van der Waals surface area contributed by atoms with Crippen molar-refractivity contribution in [2.45, 2.75) is 17.8 Å². The first kappa shape index (κ1) is 10.3. The highest BCUT2D eigenvalue weighted by molar-refractivity contribution is 7.98. The Kier molecular flexibility index (Phi) is 2.52. The van der Waals surface area contributed by atoms with Gasteiger partial charge in [0.2, 0.25) is 5.89 Å². The van der Waals surface area contributed by atoms with Gasteiger partial charge in [-0.05, 0) is 12.1 Å². The van der Waals surface area contributed by atoms with E-state index in [1.54, 1.807) is 6.92 Å². The summed E-state index contributed by atoms with van der Waals surface area (Å²) in [4.78, 5) is 4.13. The molecule has 0 radical (unpaired) electrons. The van der Waals surface area contributed by atoms with Gasteiger partial charge in [-0.25, -0.2) is 0 Å². The van der Waals surface area contributed by atoms with Crippen LogP contribution >= 0.6 is 11.8 Å². The minimum atomic E-state index is 0.576. The van der Waals surface area contributed by atoms with E-state index in [1.807, 2.05) is 28.8 Å². The van der Waals surface area contributed by atoms with Crippen LogP contribution in [0, 0.1) is 6.92 Å². The standard InChI is InChI=1S/C10H9N5OS/c1-7-11-8(14-16-7)6-17-10-13-12-9-4-2-3-5-15(9)10/h2-5H,6H2,1H3. The van der Waals surface area contributed by atoms with E-state index in [9.17, 15) is 0 Å². The average molecular weight is 247 g/mol. The maximum absolute atomic E-state index is 4.90. The van der Waals surface area contributed by atoms with Crippen molar-refractivity contribution in [2.24, 2.45) is 0 Å². The molecule has 0 bridgehead atoms. The van der Waals surface area contributed by atoms with Gasteiger partial charge in [-0.2, -0.15) is 4.98 Å². The summed E-state index contributed by atoms with van der Waals surface area (Å²) >= 11 is 1.53. The number of nitrogens with zero attached hydrogens (tertiary/aromatic N) is 5. The Hall–Kier alpha value is -1.89. The molecule has 0 spiro atoms. The number of thioether (sulfide) groups is 1. The SMILES string of the molecule is Cc1nc(CSc2nnc3ccccn23)no1. The highest BCUT2D eigenvalue weighted by Gasteiger charge is 2.08. The van der Waals surface area contributed by atoms with E-state index in [4.69, 9.17) is 4.52 Å². The lowest BCUT2D eigenvalue weighted by molar-refractivity contribution is 0.389. The number of aryl methyl sites for hydroxylation is 1. The Morgan fingerprint density at radius 1 is 1.35 bits per heavy atom. The normalized spacial score (nSPS) is 11.1. The maximum atomic E-state index is 4.90. The average Bonchev–Trinajstić information content (AvgIpc) is 2.93. The molecule has 0 atom stereocenters.